The molecule has 0 bridgehead atoms. The van der Waals surface area contributed by atoms with Gasteiger partial charge in [-0.05, 0) is 6.07 Å². The molecular weight excluding hydrogens is 192 g/mol. The van der Waals surface area contributed by atoms with Gasteiger partial charge in [-0.3, -0.25) is 4.40 Å². The van der Waals surface area contributed by atoms with Gasteiger partial charge in [-0.1, -0.05) is 0 Å². The highest BCUT2D eigenvalue weighted by Gasteiger charge is 2.04. The van der Waals surface area contributed by atoms with E-state index in [4.69, 9.17) is 5.26 Å². The highest BCUT2D eigenvalue weighted by Crippen LogP contribution is 2.11. The van der Waals surface area contributed by atoms with Crippen LogP contribution in [0.3, 0.4) is 0 Å². The summed E-state index contributed by atoms with van der Waals surface area (Å²) in [6.45, 7) is 0. The number of hydrogen-bond acceptors (Lipinski definition) is 5. The first-order valence-electron chi connectivity index (χ1n) is 4.23. The fraction of sp³-hybridized carbons (Fsp3) is 0. The van der Waals surface area contributed by atoms with E-state index in [0.29, 0.717) is 16.9 Å². The van der Waals surface area contributed by atoms with Crippen LogP contribution in [0.4, 0.5) is 0 Å². The van der Waals surface area contributed by atoms with Crippen LogP contribution >= 0.6 is 0 Å². The zero-order valence-corrected chi connectivity index (χ0v) is 7.49. The number of pyridine rings is 1. The maximum Gasteiger partial charge on any atom is 0.179 e. The molecule has 0 aliphatic rings. The summed E-state index contributed by atoms with van der Waals surface area (Å²) < 4.78 is 1.75. The Hall–Kier alpha value is -2.55. The molecule has 0 radical (unpaired) electrons. The minimum atomic E-state index is 0.491. The summed E-state index contributed by atoms with van der Waals surface area (Å²) in [7, 11) is 0. The molecule has 0 spiro atoms. The molecule has 0 aliphatic carbocycles. The number of nitrogens with zero attached hydrogens (tertiary/aromatic N) is 6. The molecule has 0 aromatic carbocycles. The standard InChI is InChI=1S/C9H4N6/c10-2-6-1-7-9(11-3-6)12-4-8-14-13-5-15(7)8/h1,3-5H. The minimum absolute atomic E-state index is 0.491. The van der Waals surface area contributed by atoms with Crippen LogP contribution in [0.25, 0.3) is 16.8 Å². The van der Waals surface area contributed by atoms with E-state index in [-0.39, 0.29) is 0 Å². The predicted molar refractivity (Wildman–Crippen MR) is 50.8 cm³/mol. The van der Waals surface area contributed by atoms with Gasteiger partial charge >= 0.3 is 0 Å². The number of nitriles is 1. The van der Waals surface area contributed by atoms with Crippen molar-refractivity contribution in [3.05, 3.63) is 30.4 Å². The van der Waals surface area contributed by atoms with Gasteiger partial charge in [-0.2, -0.15) is 5.26 Å². The molecule has 0 atom stereocenters. The predicted octanol–water partition coefficient (Wildman–Crippen LogP) is 0.544. The highest BCUT2D eigenvalue weighted by molar-refractivity contribution is 5.74. The van der Waals surface area contributed by atoms with E-state index in [2.05, 4.69) is 20.2 Å². The molecule has 15 heavy (non-hydrogen) atoms. The Morgan fingerprint density at radius 3 is 3.00 bits per heavy atom. The van der Waals surface area contributed by atoms with Crippen molar-refractivity contribution in [1.29, 1.82) is 5.26 Å². The first kappa shape index (κ1) is 7.82. The zero-order chi connectivity index (χ0) is 10.3. The van der Waals surface area contributed by atoms with Crippen molar-refractivity contribution in [2.24, 2.45) is 0 Å². The number of rotatable bonds is 0. The Balaban J connectivity index is 2.54. The summed E-state index contributed by atoms with van der Waals surface area (Å²) in [6.07, 6.45) is 4.65. The molecule has 0 saturated carbocycles. The van der Waals surface area contributed by atoms with Gasteiger partial charge in [0.25, 0.3) is 0 Å². The average molecular weight is 196 g/mol. The van der Waals surface area contributed by atoms with Crippen LogP contribution in [-0.4, -0.2) is 24.6 Å². The van der Waals surface area contributed by atoms with Gasteiger partial charge < -0.3 is 0 Å². The summed E-state index contributed by atoms with van der Waals surface area (Å²) in [4.78, 5) is 8.18. The van der Waals surface area contributed by atoms with Gasteiger partial charge in [-0.25, -0.2) is 9.97 Å². The number of fused-ring (bicyclic) bond motifs is 3. The molecule has 0 saturated heterocycles. The van der Waals surface area contributed by atoms with E-state index in [0.717, 1.165) is 5.52 Å². The molecule has 6 nitrogen and oxygen atoms in total. The summed E-state index contributed by atoms with van der Waals surface area (Å²) >= 11 is 0. The lowest BCUT2D eigenvalue weighted by Gasteiger charge is -1.98. The van der Waals surface area contributed by atoms with Crippen LogP contribution in [0, 0.1) is 11.3 Å². The molecule has 0 unspecified atom stereocenters. The number of aromatic nitrogens is 5. The van der Waals surface area contributed by atoms with Gasteiger partial charge in [0.15, 0.2) is 11.3 Å². The smallest absolute Gasteiger partial charge is 0.179 e. The van der Waals surface area contributed by atoms with Crippen LogP contribution in [0.15, 0.2) is 24.8 Å². The second kappa shape index (κ2) is 2.72. The van der Waals surface area contributed by atoms with Gasteiger partial charge in [0.2, 0.25) is 0 Å². The van der Waals surface area contributed by atoms with E-state index in [1.165, 1.54) is 6.20 Å². The largest absolute Gasteiger partial charge is 0.277 e. The van der Waals surface area contributed by atoms with Gasteiger partial charge in [0.05, 0.1) is 17.3 Å². The topological polar surface area (TPSA) is 79.8 Å². The van der Waals surface area contributed by atoms with Crippen LogP contribution in [-0.2, 0) is 0 Å². The van der Waals surface area contributed by atoms with Crippen LogP contribution < -0.4 is 0 Å². The maximum absolute atomic E-state index is 8.77. The normalized spacial score (nSPS) is 10.6. The maximum atomic E-state index is 8.77. The van der Waals surface area contributed by atoms with Crippen molar-refractivity contribution in [2.75, 3.05) is 0 Å². The summed E-state index contributed by atoms with van der Waals surface area (Å²) in [5.74, 6) is 0. The van der Waals surface area contributed by atoms with Gasteiger partial charge in [0, 0.05) is 6.20 Å². The fourth-order valence-electron chi connectivity index (χ4n) is 1.42. The Kier molecular flexibility index (Phi) is 1.42. The summed E-state index contributed by atoms with van der Waals surface area (Å²) in [6, 6.07) is 3.75. The molecule has 3 aromatic heterocycles. The quantitative estimate of drug-likeness (QED) is 0.524. The van der Waals surface area contributed by atoms with Crippen LogP contribution in [0.2, 0.25) is 0 Å². The average Bonchev–Trinajstić information content (AvgIpc) is 2.76. The van der Waals surface area contributed by atoms with Crippen molar-refractivity contribution in [3.63, 3.8) is 0 Å². The van der Waals surface area contributed by atoms with Gasteiger partial charge in [0.1, 0.15) is 12.4 Å². The highest BCUT2D eigenvalue weighted by atomic mass is 15.2. The Morgan fingerprint density at radius 1 is 1.27 bits per heavy atom. The second-order valence-electron chi connectivity index (χ2n) is 3.00. The van der Waals surface area contributed by atoms with E-state index in [9.17, 15) is 0 Å². The van der Waals surface area contributed by atoms with Crippen LogP contribution in [0.1, 0.15) is 5.56 Å². The lowest BCUT2D eigenvalue weighted by Crippen LogP contribution is -1.93. The van der Waals surface area contributed by atoms with E-state index in [1.807, 2.05) is 6.07 Å². The van der Waals surface area contributed by atoms with E-state index >= 15 is 0 Å². The first-order valence-corrected chi connectivity index (χ1v) is 4.23. The van der Waals surface area contributed by atoms with Crippen LogP contribution in [0.5, 0.6) is 0 Å². The Morgan fingerprint density at radius 2 is 2.13 bits per heavy atom. The van der Waals surface area contributed by atoms with Crippen molar-refractivity contribution >= 4 is 16.8 Å². The van der Waals surface area contributed by atoms with Crippen molar-refractivity contribution in [1.82, 2.24) is 24.6 Å². The lowest BCUT2D eigenvalue weighted by atomic mass is 10.3. The molecule has 0 aliphatic heterocycles. The molecule has 70 valence electrons. The third-order valence-corrected chi connectivity index (χ3v) is 2.11. The monoisotopic (exact) mass is 196 g/mol. The van der Waals surface area contributed by atoms with E-state index < -0.39 is 0 Å². The van der Waals surface area contributed by atoms with Crippen molar-refractivity contribution < 1.29 is 0 Å². The number of hydrogen-bond donors (Lipinski definition) is 0. The van der Waals surface area contributed by atoms with Crippen molar-refractivity contribution in [2.45, 2.75) is 0 Å². The SMILES string of the molecule is N#Cc1cnc2ncc3nncn3c2c1. The summed E-state index contributed by atoms with van der Waals surface area (Å²) in [5, 5.41) is 16.4. The second-order valence-corrected chi connectivity index (χ2v) is 3.00. The molecule has 0 N–H and O–H groups in total. The molecule has 0 amide bonds. The zero-order valence-electron chi connectivity index (χ0n) is 7.49. The Bertz CT molecular complexity index is 692. The van der Waals surface area contributed by atoms with E-state index in [1.54, 1.807) is 23.0 Å². The lowest BCUT2D eigenvalue weighted by molar-refractivity contribution is 1.11. The Labute approximate surface area is 83.8 Å². The summed E-state index contributed by atoms with van der Waals surface area (Å²) in [5.41, 5.74) is 2.43. The molecule has 3 heterocycles. The minimum Gasteiger partial charge on any atom is -0.277 e. The molecule has 6 heteroatoms. The molecule has 0 fully saturated rings. The molecule has 3 rings (SSSR count). The third-order valence-electron chi connectivity index (χ3n) is 2.11. The molecular formula is C9H4N6. The first-order chi connectivity index (χ1) is 7.38. The molecule has 3 aromatic rings. The fourth-order valence-corrected chi connectivity index (χ4v) is 1.42. The van der Waals surface area contributed by atoms with Crippen molar-refractivity contribution in [3.8, 4) is 6.07 Å². The van der Waals surface area contributed by atoms with Gasteiger partial charge in [-0.15, -0.1) is 10.2 Å². The third kappa shape index (κ3) is 1.03.